The number of carbonyl (C=O) groups is 1. The lowest BCUT2D eigenvalue weighted by molar-refractivity contribution is 0.0712. The molecule has 0 spiro atoms. The number of rotatable bonds is 5. The lowest BCUT2D eigenvalue weighted by Crippen LogP contribution is -2.49. The Morgan fingerprint density at radius 1 is 0.879 bits per heavy atom. The van der Waals surface area contributed by atoms with Crippen LogP contribution >= 0.6 is 0 Å². The fourth-order valence-electron chi connectivity index (χ4n) is 4.81. The van der Waals surface area contributed by atoms with Crippen LogP contribution in [0.2, 0.25) is 0 Å². The SMILES string of the molecule is O=C(c1ccc(F)cc1)N1CCN(c2ccc(N3CCN(CC4CCCO4)CC3)nn2)CC1. The predicted octanol–water partition coefficient (Wildman–Crippen LogP) is 1.88. The summed E-state index contributed by atoms with van der Waals surface area (Å²) in [7, 11) is 0. The number of carbonyl (C=O) groups excluding carboxylic acids is 1. The standard InChI is InChI=1S/C24H31FN6O2/c25-20-5-3-19(4-6-20)24(32)31-15-13-30(14-16-31)23-8-7-22(26-27-23)29-11-9-28(10-12-29)18-21-2-1-17-33-21/h3-8,21H,1-2,9-18H2. The Morgan fingerprint density at radius 2 is 1.48 bits per heavy atom. The number of ether oxygens (including phenoxy) is 1. The third-order valence-corrected chi connectivity index (χ3v) is 6.80. The Hall–Kier alpha value is -2.78. The quantitative estimate of drug-likeness (QED) is 0.684. The number of hydrogen-bond donors (Lipinski definition) is 0. The van der Waals surface area contributed by atoms with E-state index in [1.807, 2.05) is 17.0 Å². The summed E-state index contributed by atoms with van der Waals surface area (Å²) in [5.41, 5.74) is 0.518. The summed E-state index contributed by atoms with van der Waals surface area (Å²) in [6.07, 6.45) is 2.77. The second-order valence-corrected chi connectivity index (χ2v) is 8.96. The molecule has 3 saturated heterocycles. The fraction of sp³-hybridized carbons (Fsp3) is 0.542. The normalized spacial score (nSPS) is 22.1. The van der Waals surface area contributed by atoms with Gasteiger partial charge >= 0.3 is 0 Å². The van der Waals surface area contributed by atoms with Gasteiger partial charge in [0, 0.05) is 71.1 Å². The molecule has 3 aliphatic rings. The highest BCUT2D eigenvalue weighted by atomic mass is 19.1. The molecule has 1 unspecified atom stereocenters. The van der Waals surface area contributed by atoms with Crippen molar-refractivity contribution in [1.29, 1.82) is 0 Å². The monoisotopic (exact) mass is 454 g/mol. The summed E-state index contributed by atoms with van der Waals surface area (Å²) in [5.74, 6) is 1.36. The van der Waals surface area contributed by atoms with E-state index >= 15 is 0 Å². The van der Waals surface area contributed by atoms with Crippen LogP contribution < -0.4 is 9.80 Å². The van der Waals surface area contributed by atoms with Crippen LogP contribution in [0.3, 0.4) is 0 Å². The largest absolute Gasteiger partial charge is 0.377 e. The molecule has 3 fully saturated rings. The Labute approximate surface area is 193 Å². The topological polar surface area (TPSA) is 65.0 Å². The van der Waals surface area contributed by atoms with E-state index in [2.05, 4.69) is 24.9 Å². The molecule has 1 aromatic heterocycles. The molecule has 0 aliphatic carbocycles. The van der Waals surface area contributed by atoms with Crippen molar-refractivity contribution in [2.75, 3.05) is 75.3 Å². The average Bonchev–Trinajstić information content (AvgIpc) is 3.38. The van der Waals surface area contributed by atoms with E-state index in [0.29, 0.717) is 37.8 Å². The first-order chi connectivity index (χ1) is 16.2. The number of aromatic nitrogens is 2. The van der Waals surface area contributed by atoms with Gasteiger partial charge in [-0.25, -0.2) is 4.39 Å². The van der Waals surface area contributed by atoms with Crippen molar-refractivity contribution in [3.63, 3.8) is 0 Å². The fourth-order valence-corrected chi connectivity index (χ4v) is 4.81. The second-order valence-electron chi connectivity index (χ2n) is 8.96. The van der Waals surface area contributed by atoms with Gasteiger partial charge in [0.05, 0.1) is 6.10 Å². The Balaban J connectivity index is 1.10. The molecular formula is C24H31FN6O2. The molecule has 1 aromatic carbocycles. The van der Waals surface area contributed by atoms with Crippen LogP contribution in [0, 0.1) is 5.82 Å². The zero-order chi connectivity index (χ0) is 22.6. The molecule has 0 saturated carbocycles. The van der Waals surface area contributed by atoms with Gasteiger partial charge in [-0.05, 0) is 49.2 Å². The second kappa shape index (κ2) is 10.0. The minimum atomic E-state index is -0.334. The van der Waals surface area contributed by atoms with Crippen molar-refractivity contribution in [1.82, 2.24) is 20.0 Å². The lowest BCUT2D eigenvalue weighted by atomic mass is 10.2. The van der Waals surface area contributed by atoms with E-state index in [-0.39, 0.29) is 11.7 Å². The molecule has 0 N–H and O–H groups in total. The summed E-state index contributed by atoms with van der Waals surface area (Å²) in [6.45, 7) is 8.49. The van der Waals surface area contributed by atoms with Crippen molar-refractivity contribution in [2.24, 2.45) is 0 Å². The van der Waals surface area contributed by atoms with Crippen molar-refractivity contribution in [3.05, 3.63) is 47.8 Å². The van der Waals surface area contributed by atoms with Crippen molar-refractivity contribution < 1.29 is 13.9 Å². The number of benzene rings is 1. The Bertz CT molecular complexity index is 919. The van der Waals surface area contributed by atoms with Gasteiger partial charge < -0.3 is 19.4 Å². The van der Waals surface area contributed by atoms with Gasteiger partial charge in [0.15, 0.2) is 11.6 Å². The van der Waals surface area contributed by atoms with Gasteiger partial charge in [0.1, 0.15) is 5.82 Å². The molecule has 1 atom stereocenters. The minimum absolute atomic E-state index is 0.0604. The van der Waals surface area contributed by atoms with E-state index in [0.717, 1.165) is 51.0 Å². The average molecular weight is 455 g/mol. The first-order valence-electron chi connectivity index (χ1n) is 11.9. The van der Waals surface area contributed by atoms with Gasteiger partial charge in [-0.1, -0.05) is 0 Å². The number of halogens is 1. The molecule has 4 heterocycles. The maximum absolute atomic E-state index is 13.1. The maximum Gasteiger partial charge on any atom is 0.253 e. The molecule has 3 aliphatic heterocycles. The molecule has 5 rings (SSSR count). The highest BCUT2D eigenvalue weighted by molar-refractivity contribution is 5.94. The Kier molecular flexibility index (Phi) is 6.68. The number of anilines is 2. The first kappa shape index (κ1) is 22.0. The number of nitrogens with zero attached hydrogens (tertiary/aromatic N) is 6. The van der Waals surface area contributed by atoms with Crippen molar-refractivity contribution in [2.45, 2.75) is 18.9 Å². The zero-order valence-electron chi connectivity index (χ0n) is 18.9. The summed E-state index contributed by atoms with van der Waals surface area (Å²) >= 11 is 0. The summed E-state index contributed by atoms with van der Waals surface area (Å²) < 4.78 is 18.9. The number of amides is 1. The van der Waals surface area contributed by atoms with Gasteiger partial charge in [-0.15, -0.1) is 10.2 Å². The first-order valence-corrected chi connectivity index (χ1v) is 11.9. The predicted molar refractivity (Wildman–Crippen MR) is 124 cm³/mol. The van der Waals surface area contributed by atoms with Crippen molar-refractivity contribution in [3.8, 4) is 0 Å². The van der Waals surface area contributed by atoms with Crippen LogP contribution in [0.1, 0.15) is 23.2 Å². The number of piperazine rings is 2. The van der Waals surface area contributed by atoms with E-state index in [1.54, 1.807) is 0 Å². The third-order valence-electron chi connectivity index (χ3n) is 6.80. The smallest absolute Gasteiger partial charge is 0.253 e. The molecule has 2 aromatic rings. The van der Waals surface area contributed by atoms with Gasteiger partial charge in [0.25, 0.3) is 5.91 Å². The maximum atomic E-state index is 13.1. The summed E-state index contributed by atoms with van der Waals surface area (Å²) in [5, 5.41) is 8.96. The third kappa shape index (κ3) is 5.25. The highest BCUT2D eigenvalue weighted by Gasteiger charge is 2.25. The van der Waals surface area contributed by atoms with Crippen LogP contribution in [0.5, 0.6) is 0 Å². The molecule has 0 bridgehead atoms. The summed E-state index contributed by atoms with van der Waals surface area (Å²) in [4.78, 5) is 21.4. The molecule has 176 valence electrons. The van der Waals surface area contributed by atoms with Gasteiger partial charge in [-0.2, -0.15) is 0 Å². The molecule has 8 nitrogen and oxygen atoms in total. The lowest BCUT2D eigenvalue weighted by Gasteiger charge is -2.37. The van der Waals surface area contributed by atoms with Crippen LogP contribution in [0.15, 0.2) is 36.4 Å². The molecule has 0 radical (unpaired) electrons. The van der Waals surface area contributed by atoms with Gasteiger partial charge in [0.2, 0.25) is 0 Å². The van der Waals surface area contributed by atoms with Gasteiger partial charge in [-0.3, -0.25) is 9.69 Å². The molecule has 1 amide bonds. The summed E-state index contributed by atoms with van der Waals surface area (Å²) in [6, 6.07) is 9.80. The number of hydrogen-bond acceptors (Lipinski definition) is 7. The van der Waals surface area contributed by atoms with E-state index in [4.69, 9.17) is 4.74 Å². The van der Waals surface area contributed by atoms with Crippen LogP contribution in [0.25, 0.3) is 0 Å². The van der Waals surface area contributed by atoms with Crippen LogP contribution in [0.4, 0.5) is 16.0 Å². The van der Waals surface area contributed by atoms with E-state index < -0.39 is 0 Å². The molecular weight excluding hydrogens is 423 g/mol. The van der Waals surface area contributed by atoms with E-state index in [1.165, 1.54) is 37.1 Å². The molecule has 33 heavy (non-hydrogen) atoms. The van der Waals surface area contributed by atoms with Crippen molar-refractivity contribution >= 4 is 17.5 Å². The van der Waals surface area contributed by atoms with Crippen LogP contribution in [-0.2, 0) is 4.74 Å². The van der Waals surface area contributed by atoms with E-state index in [9.17, 15) is 9.18 Å². The van der Waals surface area contributed by atoms with Crippen LogP contribution in [-0.4, -0.2) is 97.5 Å². The Morgan fingerprint density at radius 3 is 2.03 bits per heavy atom. The minimum Gasteiger partial charge on any atom is -0.377 e. The zero-order valence-corrected chi connectivity index (χ0v) is 18.9. The molecule has 9 heteroatoms. The highest BCUT2D eigenvalue weighted by Crippen LogP contribution is 2.20.